The van der Waals surface area contributed by atoms with Crippen molar-refractivity contribution in [3.05, 3.63) is 58.1 Å². The van der Waals surface area contributed by atoms with Crippen LogP contribution in [-0.4, -0.2) is 49.0 Å². The van der Waals surface area contributed by atoms with E-state index in [4.69, 9.17) is 27.9 Å². The van der Waals surface area contributed by atoms with E-state index in [9.17, 15) is 9.59 Å². The average molecular weight is 450 g/mol. The molecule has 0 spiro atoms. The standard InChI is InChI=1S/C22H25Cl2N3O3/c1-2-30-19-9-4-3-6-16(19)22(29)25-15-10-12-27(13-11-15)14-20(28)26-18-8-5-7-17(23)21(18)24/h3-9,15H,2,10-14H2,1H3,(H,25,29)(H,26,28). The van der Waals surface area contributed by atoms with Gasteiger partial charge < -0.3 is 15.4 Å². The van der Waals surface area contributed by atoms with Crippen molar-refractivity contribution in [3.63, 3.8) is 0 Å². The molecule has 30 heavy (non-hydrogen) atoms. The van der Waals surface area contributed by atoms with Crippen LogP contribution < -0.4 is 15.4 Å². The molecule has 2 N–H and O–H groups in total. The van der Waals surface area contributed by atoms with E-state index in [2.05, 4.69) is 15.5 Å². The Bertz CT molecular complexity index is 899. The van der Waals surface area contributed by atoms with E-state index in [-0.39, 0.29) is 24.4 Å². The van der Waals surface area contributed by atoms with E-state index in [0.717, 1.165) is 25.9 Å². The highest BCUT2D eigenvalue weighted by Crippen LogP contribution is 2.29. The first-order chi connectivity index (χ1) is 14.5. The highest BCUT2D eigenvalue weighted by atomic mass is 35.5. The van der Waals surface area contributed by atoms with Crippen molar-refractivity contribution < 1.29 is 14.3 Å². The molecule has 0 aliphatic carbocycles. The van der Waals surface area contributed by atoms with Crippen LogP contribution in [0.3, 0.4) is 0 Å². The van der Waals surface area contributed by atoms with Gasteiger partial charge in [0.05, 0.1) is 34.4 Å². The summed E-state index contributed by atoms with van der Waals surface area (Å²) in [4.78, 5) is 27.0. The molecule has 2 aromatic carbocycles. The van der Waals surface area contributed by atoms with E-state index in [1.54, 1.807) is 30.3 Å². The van der Waals surface area contributed by atoms with Crippen molar-refractivity contribution in [3.8, 4) is 5.75 Å². The summed E-state index contributed by atoms with van der Waals surface area (Å²) in [6.07, 6.45) is 1.54. The first kappa shape index (κ1) is 22.4. The Hall–Kier alpha value is -2.28. The van der Waals surface area contributed by atoms with Gasteiger partial charge >= 0.3 is 0 Å². The van der Waals surface area contributed by atoms with E-state index in [1.807, 2.05) is 19.1 Å². The first-order valence-corrected chi connectivity index (χ1v) is 10.7. The number of nitrogens with zero attached hydrogens (tertiary/aromatic N) is 1. The normalized spacial score (nSPS) is 14.9. The minimum absolute atomic E-state index is 0.0638. The number of hydrogen-bond donors (Lipinski definition) is 2. The third kappa shape index (κ3) is 5.88. The number of benzene rings is 2. The highest BCUT2D eigenvalue weighted by Gasteiger charge is 2.23. The number of para-hydroxylation sites is 1. The molecule has 160 valence electrons. The highest BCUT2D eigenvalue weighted by molar-refractivity contribution is 6.44. The number of hydrogen-bond acceptors (Lipinski definition) is 4. The van der Waals surface area contributed by atoms with Gasteiger partial charge in [0.2, 0.25) is 5.91 Å². The number of nitrogens with one attached hydrogen (secondary N) is 2. The number of piperidine rings is 1. The number of carbonyl (C=O) groups excluding carboxylic acids is 2. The number of ether oxygens (including phenoxy) is 1. The largest absolute Gasteiger partial charge is 0.493 e. The molecule has 1 aliphatic heterocycles. The molecule has 0 aromatic heterocycles. The van der Waals surface area contributed by atoms with Crippen molar-refractivity contribution in [2.75, 3.05) is 31.6 Å². The summed E-state index contributed by atoms with van der Waals surface area (Å²) in [5.74, 6) is 0.310. The van der Waals surface area contributed by atoms with Crippen LogP contribution in [0.5, 0.6) is 5.75 Å². The van der Waals surface area contributed by atoms with Crippen molar-refractivity contribution in [1.29, 1.82) is 0 Å². The number of amides is 2. The van der Waals surface area contributed by atoms with Gasteiger partial charge in [-0.25, -0.2) is 0 Å². The average Bonchev–Trinajstić information content (AvgIpc) is 2.73. The summed E-state index contributed by atoms with van der Waals surface area (Å²) in [5.41, 5.74) is 1.05. The fourth-order valence-corrected chi connectivity index (χ4v) is 3.78. The Balaban J connectivity index is 1.47. The lowest BCUT2D eigenvalue weighted by molar-refractivity contribution is -0.117. The van der Waals surface area contributed by atoms with Gasteiger partial charge in [-0.15, -0.1) is 0 Å². The van der Waals surface area contributed by atoms with Crippen LogP contribution in [0.25, 0.3) is 0 Å². The zero-order chi connectivity index (χ0) is 21.5. The quantitative estimate of drug-likeness (QED) is 0.663. The SMILES string of the molecule is CCOc1ccccc1C(=O)NC1CCN(CC(=O)Nc2cccc(Cl)c2Cl)CC1. The minimum Gasteiger partial charge on any atom is -0.493 e. The van der Waals surface area contributed by atoms with Crippen molar-refractivity contribution >= 4 is 40.7 Å². The Morgan fingerprint density at radius 3 is 2.57 bits per heavy atom. The predicted molar refractivity (Wildman–Crippen MR) is 120 cm³/mol. The van der Waals surface area contributed by atoms with Crippen molar-refractivity contribution in [2.24, 2.45) is 0 Å². The lowest BCUT2D eigenvalue weighted by Gasteiger charge is -2.32. The Labute approximate surface area is 186 Å². The van der Waals surface area contributed by atoms with E-state index >= 15 is 0 Å². The summed E-state index contributed by atoms with van der Waals surface area (Å²) in [7, 11) is 0. The number of anilines is 1. The van der Waals surface area contributed by atoms with Gasteiger partial charge in [0, 0.05) is 19.1 Å². The van der Waals surface area contributed by atoms with Gasteiger partial charge in [0.25, 0.3) is 5.91 Å². The predicted octanol–water partition coefficient (Wildman–Crippen LogP) is 4.23. The lowest BCUT2D eigenvalue weighted by atomic mass is 10.0. The molecule has 2 aromatic rings. The fourth-order valence-electron chi connectivity index (χ4n) is 3.43. The molecule has 0 unspecified atom stereocenters. The van der Waals surface area contributed by atoms with Gasteiger partial charge in [-0.05, 0) is 44.0 Å². The van der Waals surface area contributed by atoms with Crippen LogP contribution >= 0.6 is 23.2 Å². The van der Waals surface area contributed by atoms with E-state index in [1.165, 1.54) is 0 Å². The summed E-state index contributed by atoms with van der Waals surface area (Å²) >= 11 is 12.1. The summed E-state index contributed by atoms with van der Waals surface area (Å²) < 4.78 is 5.54. The molecule has 6 nitrogen and oxygen atoms in total. The topological polar surface area (TPSA) is 70.7 Å². The third-order valence-corrected chi connectivity index (χ3v) is 5.77. The summed E-state index contributed by atoms with van der Waals surface area (Å²) in [5, 5.41) is 6.62. The maximum absolute atomic E-state index is 12.6. The zero-order valence-electron chi connectivity index (χ0n) is 16.8. The maximum Gasteiger partial charge on any atom is 0.255 e. The van der Waals surface area contributed by atoms with E-state index < -0.39 is 0 Å². The first-order valence-electron chi connectivity index (χ1n) is 9.96. The van der Waals surface area contributed by atoms with Crippen LogP contribution in [0.2, 0.25) is 10.0 Å². The molecule has 1 fully saturated rings. The van der Waals surface area contributed by atoms with Gasteiger partial charge in [0.1, 0.15) is 5.75 Å². The van der Waals surface area contributed by atoms with Gasteiger partial charge in [-0.1, -0.05) is 41.4 Å². The number of carbonyl (C=O) groups is 2. The van der Waals surface area contributed by atoms with Crippen LogP contribution in [0.1, 0.15) is 30.1 Å². The second kappa shape index (κ2) is 10.7. The van der Waals surface area contributed by atoms with Gasteiger partial charge in [0.15, 0.2) is 0 Å². The molecule has 8 heteroatoms. The number of rotatable bonds is 7. The second-order valence-electron chi connectivity index (χ2n) is 7.10. The fraction of sp³-hybridized carbons (Fsp3) is 0.364. The monoisotopic (exact) mass is 449 g/mol. The zero-order valence-corrected chi connectivity index (χ0v) is 18.3. The maximum atomic E-state index is 12.6. The van der Waals surface area contributed by atoms with Crippen LogP contribution in [0, 0.1) is 0 Å². The molecular formula is C22H25Cl2N3O3. The second-order valence-corrected chi connectivity index (χ2v) is 7.89. The summed E-state index contributed by atoms with van der Waals surface area (Å²) in [6.45, 7) is 4.09. The molecule has 0 radical (unpaired) electrons. The van der Waals surface area contributed by atoms with Crippen LogP contribution in [-0.2, 0) is 4.79 Å². The van der Waals surface area contributed by atoms with Crippen LogP contribution in [0.15, 0.2) is 42.5 Å². The smallest absolute Gasteiger partial charge is 0.255 e. The molecule has 1 saturated heterocycles. The minimum atomic E-state index is -0.146. The van der Waals surface area contributed by atoms with Crippen LogP contribution in [0.4, 0.5) is 5.69 Å². The van der Waals surface area contributed by atoms with Gasteiger partial charge in [-0.2, -0.15) is 0 Å². The van der Waals surface area contributed by atoms with E-state index in [0.29, 0.717) is 33.7 Å². The molecule has 3 rings (SSSR count). The molecule has 1 heterocycles. The Morgan fingerprint density at radius 2 is 1.83 bits per heavy atom. The molecule has 1 aliphatic rings. The Kier molecular flexibility index (Phi) is 7.96. The van der Waals surface area contributed by atoms with Crippen molar-refractivity contribution in [2.45, 2.75) is 25.8 Å². The molecule has 0 bridgehead atoms. The van der Waals surface area contributed by atoms with Crippen molar-refractivity contribution in [1.82, 2.24) is 10.2 Å². The molecule has 0 atom stereocenters. The molecular weight excluding hydrogens is 425 g/mol. The van der Waals surface area contributed by atoms with Gasteiger partial charge in [-0.3, -0.25) is 14.5 Å². The number of halogens is 2. The summed E-state index contributed by atoms with van der Waals surface area (Å²) in [6, 6.07) is 12.4. The molecule has 2 amide bonds. The Morgan fingerprint density at radius 1 is 1.10 bits per heavy atom. The third-order valence-electron chi connectivity index (χ3n) is 4.95. The lowest BCUT2D eigenvalue weighted by Crippen LogP contribution is -2.46. The molecule has 0 saturated carbocycles. The number of likely N-dealkylation sites (tertiary alicyclic amines) is 1.